The molecule has 25 heavy (non-hydrogen) atoms. The monoisotopic (exact) mass is 340 g/mol. The third-order valence-corrected chi connectivity index (χ3v) is 4.19. The van der Waals surface area contributed by atoms with Gasteiger partial charge in [-0.1, -0.05) is 0 Å². The molecule has 3 heterocycles. The molecule has 1 aliphatic rings. The zero-order valence-corrected chi connectivity index (χ0v) is 13.5. The van der Waals surface area contributed by atoms with Crippen molar-refractivity contribution in [3.8, 4) is 0 Å². The van der Waals surface area contributed by atoms with Crippen molar-refractivity contribution >= 4 is 28.3 Å². The highest BCUT2D eigenvalue weighted by atomic mass is 19.1. The Balaban J connectivity index is 1.47. The molecule has 0 unspecified atom stereocenters. The number of hydrogen-bond donors (Lipinski definition) is 2. The Morgan fingerprint density at radius 2 is 2.04 bits per heavy atom. The number of pyridine rings is 1. The maximum absolute atomic E-state index is 13.2. The van der Waals surface area contributed by atoms with E-state index >= 15 is 0 Å². The average molecular weight is 340 g/mol. The fourth-order valence-corrected chi connectivity index (χ4v) is 2.88. The van der Waals surface area contributed by atoms with Crippen molar-refractivity contribution in [1.82, 2.24) is 9.97 Å². The van der Waals surface area contributed by atoms with Crippen molar-refractivity contribution in [3.63, 3.8) is 0 Å². The minimum Gasteiger partial charge on any atom is -0.378 e. The van der Waals surface area contributed by atoms with Gasteiger partial charge in [0, 0.05) is 24.0 Å². The van der Waals surface area contributed by atoms with E-state index in [9.17, 15) is 9.18 Å². The summed E-state index contributed by atoms with van der Waals surface area (Å²) in [7, 11) is 0. The lowest BCUT2D eigenvalue weighted by atomic mass is 10.2. The van der Waals surface area contributed by atoms with Gasteiger partial charge >= 0.3 is 0 Å². The van der Waals surface area contributed by atoms with Gasteiger partial charge in [0.15, 0.2) is 0 Å². The summed E-state index contributed by atoms with van der Waals surface area (Å²) in [5, 5.41) is 3.40. The average Bonchev–Trinajstić information content (AvgIpc) is 3.06. The molecule has 0 atom stereocenters. The minimum absolute atomic E-state index is 0.316. The molecule has 2 aromatic heterocycles. The molecule has 0 bridgehead atoms. The van der Waals surface area contributed by atoms with Crippen molar-refractivity contribution in [1.29, 1.82) is 0 Å². The van der Waals surface area contributed by atoms with E-state index in [0.717, 1.165) is 18.8 Å². The molecule has 7 heteroatoms. The van der Waals surface area contributed by atoms with Gasteiger partial charge in [0.1, 0.15) is 17.3 Å². The maximum Gasteiger partial charge on any atom is 0.273 e. The van der Waals surface area contributed by atoms with Crippen LogP contribution in [-0.2, 0) is 4.74 Å². The summed E-state index contributed by atoms with van der Waals surface area (Å²) in [6, 6.07) is 9.66. The van der Waals surface area contributed by atoms with E-state index in [1.807, 2.05) is 6.07 Å². The Bertz CT molecular complexity index is 901. The number of rotatable bonds is 3. The number of fused-ring (bicyclic) bond motifs is 1. The van der Waals surface area contributed by atoms with Crippen LogP contribution in [0.25, 0.3) is 10.9 Å². The quantitative estimate of drug-likeness (QED) is 0.769. The summed E-state index contributed by atoms with van der Waals surface area (Å²) >= 11 is 0. The highest BCUT2D eigenvalue weighted by Crippen LogP contribution is 2.19. The molecule has 0 aliphatic carbocycles. The molecule has 0 spiro atoms. The number of aromatic amines is 1. The van der Waals surface area contributed by atoms with Crippen molar-refractivity contribution in [2.75, 3.05) is 36.5 Å². The fraction of sp³-hybridized carbons (Fsp3) is 0.222. The fourth-order valence-electron chi connectivity index (χ4n) is 2.88. The zero-order valence-electron chi connectivity index (χ0n) is 13.5. The van der Waals surface area contributed by atoms with E-state index in [-0.39, 0.29) is 11.7 Å². The lowest BCUT2D eigenvalue weighted by Gasteiger charge is -2.28. The van der Waals surface area contributed by atoms with Gasteiger partial charge in [0.25, 0.3) is 5.91 Å². The highest BCUT2D eigenvalue weighted by molar-refractivity contribution is 6.05. The van der Waals surface area contributed by atoms with E-state index < -0.39 is 0 Å². The lowest BCUT2D eigenvalue weighted by Crippen LogP contribution is -2.36. The molecule has 0 radical (unpaired) electrons. The first kappa shape index (κ1) is 15.6. The molecule has 3 aromatic rings. The van der Waals surface area contributed by atoms with E-state index in [2.05, 4.69) is 20.2 Å². The first-order valence-electron chi connectivity index (χ1n) is 8.07. The van der Waals surface area contributed by atoms with E-state index in [1.165, 1.54) is 12.1 Å². The second-order valence-corrected chi connectivity index (χ2v) is 5.87. The van der Waals surface area contributed by atoms with E-state index in [4.69, 9.17) is 4.74 Å². The standard InChI is InChI=1S/C18H17FN4O2/c19-13-1-3-15-12(9-13)10-16(21-15)18(24)22-17-4-2-14(11-20-17)23-5-7-25-8-6-23/h1-4,9-11,21H,5-8H2,(H,20,22,24). The van der Waals surface area contributed by atoms with Gasteiger partial charge in [-0.25, -0.2) is 9.37 Å². The van der Waals surface area contributed by atoms with Gasteiger partial charge in [0.2, 0.25) is 0 Å². The molecule has 1 fully saturated rings. The predicted molar refractivity (Wildman–Crippen MR) is 93.5 cm³/mol. The first-order chi connectivity index (χ1) is 12.2. The van der Waals surface area contributed by atoms with E-state index in [0.29, 0.717) is 35.6 Å². The molecular weight excluding hydrogens is 323 g/mol. The van der Waals surface area contributed by atoms with Crippen LogP contribution in [0, 0.1) is 5.82 Å². The third kappa shape index (κ3) is 3.32. The molecule has 0 saturated carbocycles. The molecular formula is C18H17FN4O2. The molecule has 128 valence electrons. The first-order valence-corrected chi connectivity index (χ1v) is 8.07. The summed E-state index contributed by atoms with van der Waals surface area (Å²) in [6.07, 6.45) is 1.74. The summed E-state index contributed by atoms with van der Waals surface area (Å²) in [6.45, 7) is 3.08. The van der Waals surface area contributed by atoms with Crippen molar-refractivity contribution < 1.29 is 13.9 Å². The maximum atomic E-state index is 13.2. The number of amides is 1. The summed E-state index contributed by atoms with van der Waals surface area (Å²) in [4.78, 5) is 21.8. The topological polar surface area (TPSA) is 70.2 Å². The van der Waals surface area contributed by atoms with Crippen LogP contribution in [0.2, 0.25) is 0 Å². The zero-order chi connectivity index (χ0) is 17.2. The molecule has 2 N–H and O–H groups in total. The Labute approximate surface area is 143 Å². The molecule has 6 nitrogen and oxygen atoms in total. The van der Waals surface area contributed by atoms with Crippen LogP contribution < -0.4 is 10.2 Å². The van der Waals surface area contributed by atoms with Crippen molar-refractivity contribution in [3.05, 3.63) is 54.1 Å². The molecule has 1 aromatic carbocycles. The number of nitrogens with one attached hydrogen (secondary N) is 2. The van der Waals surface area contributed by atoms with Gasteiger partial charge in [-0.05, 0) is 36.4 Å². The molecule has 1 saturated heterocycles. The number of carbonyl (C=O) groups is 1. The number of benzene rings is 1. The Hall–Kier alpha value is -2.93. The van der Waals surface area contributed by atoms with Crippen LogP contribution >= 0.6 is 0 Å². The number of anilines is 2. The molecule has 1 aliphatic heterocycles. The third-order valence-electron chi connectivity index (χ3n) is 4.19. The number of morpholine rings is 1. The van der Waals surface area contributed by atoms with Crippen LogP contribution in [0.3, 0.4) is 0 Å². The number of ether oxygens (including phenoxy) is 1. The van der Waals surface area contributed by atoms with Crippen LogP contribution in [0.5, 0.6) is 0 Å². The summed E-state index contributed by atoms with van der Waals surface area (Å²) in [5.41, 5.74) is 2.07. The van der Waals surface area contributed by atoms with Gasteiger partial charge in [-0.15, -0.1) is 0 Å². The number of carbonyl (C=O) groups excluding carboxylic acids is 1. The summed E-state index contributed by atoms with van der Waals surface area (Å²) in [5.74, 6) is -0.186. The number of hydrogen-bond acceptors (Lipinski definition) is 4. The highest BCUT2D eigenvalue weighted by Gasteiger charge is 2.13. The van der Waals surface area contributed by atoms with Crippen molar-refractivity contribution in [2.45, 2.75) is 0 Å². The Kier molecular flexibility index (Phi) is 4.07. The van der Waals surface area contributed by atoms with Crippen LogP contribution in [0.15, 0.2) is 42.6 Å². The lowest BCUT2D eigenvalue weighted by molar-refractivity contribution is 0.102. The SMILES string of the molecule is O=C(Nc1ccc(N2CCOCC2)cn1)c1cc2cc(F)ccc2[nH]1. The second-order valence-electron chi connectivity index (χ2n) is 5.87. The van der Waals surface area contributed by atoms with Crippen LogP contribution in [-0.4, -0.2) is 42.2 Å². The number of halogens is 1. The Morgan fingerprint density at radius 1 is 1.20 bits per heavy atom. The van der Waals surface area contributed by atoms with Gasteiger partial charge in [-0.3, -0.25) is 4.79 Å². The van der Waals surface area contributed by atoms with Gasteiger partial charge in [-0.2, -0.15) is 0 Å². The number of aromatic nitrogens is 2. The minimum atomic E-state index is -0.334. The van der Waals surface area contributed by atoms with Gasteiger partial charge in [0.05, 0.1) is 25.1 Å². The number of nitrogens with zero attached hydrogens (tertiary/aromatic N) is 2. The normalized spacial score (nSPS) is 14.7. The predicted octanol–water partition coefficient (Wildman–Crippen LogP) is 2.79. The van der Waals surface area contributed by atoms with Crippen molar-refractivity contribution in [2.24, 2.45) is 0 Å². The largest absolute Gasteiger partial charge is 0.378 e. The number of H-pyrrole nitrogens is 1. The van der Waals surface area contributed by atoms with Crippen LogP contribution in [0.1, 0.15) is 10.5 Å². The van der Waals surface area contributed by atoms with Crippen LogP contribution in [0.4, 0.5) is 15.9 Å². The second kappa shape index (κ2) is 6.52. The van der Waals surface area contributed by atoms with E-state index in [1.54, 1.807) is 24.4 Å². The Morgan fingerprint density at radius 3 is 2.80 bits per heavy atom. The van der Waals surface area contributed by atoms with Gasteiger partial charge < -0.3 is 19.9 Å². The summed E-state index contributed by atoms with van der Waals surface area (Å²) < 4.78 is 18.6. The molecule has 4 rings (SSSR count). The smallest absolute Gasteiger partial charge is 0.273 e. The molecule has 1 amide bonds.